The van der Waals surface area contributed by atoms with E-state index in [1.54, 1.807) is 0 Å². The number of primary amides is 1. The van der Waals surface area contributed by atoms with Crippen molar-refractivity contribution in [2.24, 2.45) is 22.4 Å². The van der Waals surface area contributed by atoms with Crippen LogP contribution in [0, 0.1) is 5.92 Å². The number of anilines is 2. The molecule has 224 valence electrons. The Hall–Kier alpha value is -3.89. The van der Waals surface area contributed by atoms with E-state index in [-0.39, 0.29) is 61.0 Å². The summed E-state index contributed by atoms with van der Waals surface area (Å²) >= 11 is 0. The number of aliphatic imine (C=N–C) groups is 1. The highest BCUT2D eigenvalue weighted by molar-refractivity contribution is 5.97. The van der Waals surface area contributed by atoms with Gasteiger partial charge in [0.2, 0.25) is 5.92 Å². The van der Waals surface area contributed by atoms with Crippen molar-refractivity contribution in [3.63, 3.8) is 0 Å². The molecular weight excluding hydrogens is 540 g/mol. The first-order valence-corrected chi connectivity index (χ1v) is 14.8. The van der Waals surface area contributed by atoms with Crippen molar-refractivity contribution in [1.29, 1.82) is 0 Å². The summed E-state index contributed by atoms with van der Waals surface area (Å²) in [5, 5.41) is 2.99. The number of benzene rings is 1. The van der Waals surface area contributed by atoms with Crippen LogP contribution in [0.15, 0.2) is 47.4 Å². The highest BCUT2D eigenvalue weighted by Crippen LogP contribution is 2.40. The van der Waals surface area contributed by atoms with E-state index in [1.807, 2.05) is 12.1 Å². The fourth-order valence-corrected chi connectivity index (χ4v) is 5.93. The largest absolute Gasteiger partial charge is 0.403 e. The molecule has 1 aliphatic heterocycles. The molecule has 11 heteroatoms. The molecular formula is C31H39F2N7O2. The quantitative estimate of drug-likeness (QED) is 0.260. The number of nitrogens with zero attached hydrogens (tertiary/aromatic N) is 4. The molecule has 0 bridgehead atoms. The number of alkyl halides is 2. The lowest BCUT2D eigenvalue weighted by Crippen LogP contribution is -2.44. The van der Waals surface area contributed by atoms with Crippen molar-refractivity contribution < 1.29 is 18.4 Å². The molecule has 9 nitrogen and oxygen atoms in total. The lowest BCUT2D eigenvalue weighted by atomic mass is 9.85. The molecule has 2 atom stereocenters. The zero-order valence-electron chi connectivity index (χ0n) is 23.9. The van der Waals surface area contributed by atoms with Crippen molar-refractivity contribution in [1.82, 2.24) is 9.97 Å². The number of nitrogens with two attached hydrogens (primary N) is 2. The molecule has 2 saturated carbocycles. The number of ketones is 1. The predicted molar refractivity (Wildman–Crippen MR) is 159 cm³/mol. The molecule has 1 aromatic heterocycles. The van der Waals surface area contributed by atoms with Crippen molar-refractivity contribution in [2.75, 3.05) is 16.8 Å². The summed E-state index contributed by atoms with van der Waals surface area (Å²) in [6.45, 7) is 2.80. The summed E-state index contributed by atoms with van der Waals surface area (Å²) in [5.74, 6) is -1.82. The first-order chi connectivity index (χ1) is 20.1. The zero-order chi connectivity index (χ0) is 29.9. The van der Waals surface area contributed by atoms with Crippen LogP contribution in [0.2, 0.25) is 0 Å². The Morgan fingerprint density at radius 2 is 1.86 bits per heavy atom. The van der Waals surface area contributed by atoms with Crippen LogP contribution in [0.25, 0.3) is 0 Å². The van der Waals surface area contributed by atoms with E-state index in [0.717, 1.165) is 24.9 Å². The Bertz CT molecular complexity index is 1350. The molecule has 42 heavy (non-hydrogen) atoms. The van der Waals surface area contributed by atoms with Gasteiger partial charge in [0.05, 0.1) is 17.9 Å². The Morgan fingerprint density at radius 1 is 1.14 bits per heavy atom. The van der Waals surface area contributed by atoms with Crippen LogP contribution >= 0.6 is 0 Å². The van der Waals surface area contributed by atoms with Crippen LogP contribution in [0.3, 0.4) is 0 Å². The molecule has 0 unspecified atom stereocenters. The number of piperidine rings is 1. The van der Waals surface area contributed by atoms with E-state index >= 15 is 0 Å². The van der Waals surface area contributed by atoms with Gasteiger partial charge in [-0.3, -0.25) is 14.6 Å². The maximum Gasteiger partial charge on any atom is 0.271 e. The number of Topliss-reactive ketones (excluding diaryl/α,β-unsaturated/α-hetero) is 1. The number of amides is 1. The predicted octanol–water partition coefficient (Wildman–Crippen LogP) is 5.19. The highest BCUT2D eigenvalue weighted by Gasteiger charge is 2.35. The van der Waals surface area contributed by atoms with Crippen molar-refractivity contribution in [2.45, 2.75) is 88.6 Å². The van der Waals surface area contributed by atoms with Crippen molar-refractivity contribution in [3.05, 3.63) is 59.2 Å². The third-order valence-electron chi connectivity index (χ3n) is 8.72. The first-order valence-electron chi connectivity index (χ1n) is 14.8. The molecule has 3 fully saturated rings. The van der Waals surface area contributed by atoms with E-state index in [4.69, 9.17) is 11.5 Å². The van der Waals surface area contributed by atoms with Gasteiger partial charge in [-0.05, 0) is 62.8 Å². The molecule has 0 radical (unpaired) electrons. The van der Waals surface area contributed by atoms with E-state index in [0.29, 0.717) is 23.9 Å². The summed E-state index contributed by atoms with van der Waals surface area (Å²) < 4.78 is 27.0. The molecule has 2 aliphatic carbocycles. The minimum atomic E-state index is -2.64. The molecule has 5 rings (SSSR count). The standard InChI is InChI=1S/C31H39F2N7O2/c1-19-23(15-26(41)22-8-6-21(7-9-22)20-4-5-20)3-2-14-40(19)27-18-37-28(29(35)42)30(39-27)38-25(16-34)17-36-24-10-12-31(32,33)13-11-24/h6-9,16-20,23-24H,2-5,10-15,34H2,1H3,(H2,35,42)(H,38,39)/t19-,23+/m1/s1. The van der Waals surface area contributed by atoms with E-state index in [9.17, 15) is 18.4 Å². The second-order valence-corrected chi connectivity index (χ2v) is 11.8. The SMILES string of the molecule is C[C@@H]1[C@H](CC(=O)c2ccc(C3CC3)cc2)CCCN1c1cnc(C(N)=O)c(NC(C=NC2CCC(F)(F)CC2)=CN)n1. The van der Waals surface area contributed by atoms with Gasteiger partial charge >= 0.3 is 0 Å². The van der Waals surface area contributed by atoms with E-state index in [2.05, 4.69) is 44.2 Å². The van der Waals surface area contributed by atoms with Gasteiger partial charge in [-0.2, -0.15) is 0 Å². The van der Waals surface area contributed by atoms with Gasteiger partial charge in [0.25, 0.3) is 5.91 Å². The molecule has 3 aliphatic rings. The maximum atomic E-state index is 13.5. The Morgan fingerprint density at radius 3 is 2.50 bits per heavy atom. The Kier molecular flexibility index (Phi) is 8.84. The molecule has 0 spiro atoms. The molecule has 1 amide bonds. The van der Waals surface area contributed by atoms with Gasteiger partial charge in [-0.15, -0.1) is 0 Å². The monoisotopic (exact) mass is 579 g/mol. The van der Waals surface area contributed by atoms with E-state index in [1.165, 1.54) is 37.0 Å². The summed E-state index contributed by atoms with van der Waals surface area (Å²) in [5.41, 5.74) is 13.7. The number of carbonyl (C=O) groups is 2. The number of halogens is 2. The fraction of sp³-hybridized carbons (Fsp3) is 0.516. The Balaban J connectivity index is 1.27. The van der Waals surface area contributed by atoms with Crippen molar-refractivity contribution in [3.8, 4) is 0 Å². The number of hydrogen-bond acceptors (Lipinski definition) is 8. The smallest absolute Gasteiger partial charge is 0.271 e. The minimum Gasteiger partial charge on any atom is -0.403 e. The van der Waals surface area contributed by atoms with Crippen LogP contribution < -0.4 is 21.7 Å². The van der Waals surface area contributed by atoms with Crippen LogP contribution in [-0.4, -0.2) is 52.4 Å². The van der Waals surface area contributed by atoms with Gasteiger partial charge in [0.15, 0.2) is 17.3 Å². The Labute approximate surface area is 244 Å². The summed E-state index contributed by atoms with van der Waals surface area (Å²) in [6.07, 6.45) is 9.11. The van der Waals surface area contributed by atoms with Crippen LogP contribution in [0.1, 0.15) is 97.0 Å². The highest BCUT2D eigenvalue weighted by atomic mass is 19.3. The fourth-order valence-electron chi connectivity index (χ4n) is 5.93. The summed E-state index contributed by atoms with van der Waals surface area (Å²) in [7, 11) is 0. The lowest BCUT2D eigenvalue weighted by Gasteiger charge is -2.40. The van der Waals surface area contributed by atoms with Crippen LogP contribution in [-0.2, 0) is 0 Å². The first kappa shape index (κ1) is 29.6. The zero-order valence-corrected chi connectivity index (χ0v) is 23.9. The normalized spacial score (nSPS) is 23.2. The molecule has 1 saturated heterocycles. The van der Waals surface area contributed by atoms with Gasteiger partial charge in [-0.1, -0.05) is 24.3 Å². The molecule has 2 heterocycles. The van der Waals surface area contributed by atoms with Crippen LogP contribution in [0.4, 0.5) is 20.4 Å². The average Bonchev–Trinajstić information content (AvgIpc) is 3.82. The minimum absolute atomic E-state index is 0.00512. The molecule has 5 N–H and O–H groups in total. The van der Waals surface area contributed by atoms with Crippen molar-refractivity contribution >= 4 is 29.5 Å². The second-order valence-electron chi connectivity index (χ2n) is 11.8. The number of aromatic nitrogens is 2. The number of rotatable bonds is 10. The maximum absolute atomic E-state index is 13.5. The second kappa shape index (κ2) is 12.5. The molecule has 1 aromatic carbocycles. The van der Waals surface area contributed by atoms with Gasteiger partial charge in [0.1, 0.15) is 5.82 Å². The average molecular weight is 580 g/mol. The molecule has 2 aromatic rings. The van der Waals surface area contributed by atoms with Gasteiger partial charge in [-0.25, -0.2) is 18.7 Å². The summed E-state index contributed by atoms with van der Waals surface area (Å²) in [6, 6.07) is 7.82. The number of nitrogens with one attached hydrogen (secondary N) is 1. The number of hydrogen-bond donors (Lipinski definition) is 3. The number of carbonyl (C=O) groups excluding carboxylic acids is 2. The van der Waals surface area contributed by atoms with Gasteiger partial charge < -0.3 is 21.7 Å². The number of allylic oxidation sites excluding steroid dienone is 1. The summed E-state index contributed by atoms with van der Waals surface area (Å²) in [4.78, 5) is 40.8. The van der Waals surface area contributed by atoms with E-state index < -0.39 is 11.8 Å². The van der Waals surface area contributed by atoms with Gasteiger partial charge in [0, 0.05) is 49.8 Å². The third-order valence-corrected chi connectivity index (χ3v) is 8.72. The topological polar surface area (TPSA) is 140 Å². The third kappa shape index (κ3) is 7.11. The lowest BCUT2D eigenvalue weighted by molar-refractivity contribution is -0.0373. The van der Waals surface area contributed by atoms with Crippen LogP contribution in [0.5, 0.6) is 0 Å².